The zero-order valence-corrected chi connectivity index (χ0v) is 15.5. The zero-order chi connectivity index (χ0) is 19.1. The molecule has 2 aromatic rings. The number of carbonyl (C=O) groups excluding carboxylic acids is 2. The molecule has 2 aromatic carbocycles. The second-order valence-corrected chi connectivity index (χ2v) is 5.91. The van der Waals surface area contributed by atoms with Crippen LogP contribution in [0.1, 0.15) is 22.8 Å². The molecule has 26 heavy (non-hydrogen) atoms. The predicted octanol–water partition coefficient (Wildman–Crippen LogP) is 2.75. The Morgan fingerprint density at radius 1 is 1.04 bits per heavy atom. The van der Waals surface area contributed by atoms with Gasteiger partial charge < -0.3 is 20.1 Å². The lowest BCUT2D eigenvalue weighted by atomic mass is 10.1. The van der Waals surface area contributed by atoms with Gasteiger partial charge in [-0.05, 0) is 48.7 Å². The summed E-state index contributed by atoms with van der Waals surface area (Å²) in [5.74, 6) is -0.724. The fourth-order valence-electron chi connectivity index (χ4n) is 2.51. The minimum atomic E-state index is -0.712. The molecule has 0 saturated carbocycles. The molecule has 0 heterocycles. The summed E-state index contributed by atoms with van der Waals surface area (Å²) in [6, 6.07) is 12.9. The van der Waals surface area contributed by atoms with Crippen LogP contribution in [0.15, 0.2) is 42.5 Å². The molecule has 0 bridgehead atoms. The number of amides is 2. The lowest BCUT2D eigenvalue weighted by Crippen LogP contribution is -2.38. The second-order valence-electron chi connectivity index (χ2n) is 5.91. The molecule has 2 rings (SSSR count). The molecular weight excluding hydrogens is 332 g/mol. The smallest absolute Gasteiger partial charge is 0.313 e. The maximum atomic E-state index is 12.1. The number of nitrogens with one attached hydrogen (secondary N) is 2. The van der Waals surface area contributed by atoms with E-state index in [0.717, 1.165) is 16.7 Å². The predicted molar refractivity (Wildman–Crippen MR) is 100 cm³/mol. The monoisotopic (exact) mass is 356 g/mol. The van der Waals surface area contributed by atoms with Gasteiger partial charge in [0, 0.05) is 19.3 Å². The van der Waals surface area contributed by atoms with Crippen LogP contribution in [0.4, 0.5) is 5.69 Å². The van der Waals surface area contributed by atoms with Gasteiger partial charge in [-0.15, -0.1) is 0 Å². The summed E-state index contributed by atoms with van der Waals surface area (Å²) in [5.41, 5.74) is 3.45. The highest BCUT2D eigenvalue weighted by molar-refractivity contribution is 6.39. The number of hydrogen-bond donors (Lipinski definition) is 2. The number of aryl methyl sites for hydroxylation is 1. The number of benzene rings is 2. The highest BCUT2D eigenvalue weighted by atomic mass is 16.5. The Bertz CT molecular complexity index is 789. The van der Waals surface area contributed by atoms with E-state index in [-0.39, 0.29) is 12.6 Å². The maximum Gasteiger partial charge on any atom is 0.313 e. The third kappa shape index (κ3) is 4.83. The number of anilines is 1. The van der Waals surface area contributed by atoms with Gasteiger partial charge in [0.15, 0.2) is 0 Å². The first kappa shape index (κ1) is 19.5. The van der Waals surface area contributed by atoms with E-state index in [0.29, 0.717) is 11.4 Å². The fourth-order valence-corrected chi connectivity index (χ4v) is 2.51. The van der Waals surface area contributed by atoms with Crippen LogP contribution in [0.3, 0.4) is 0 Å². The third-order valence-electron chi connectivity index (χ3n) is 4.26. The van der Waals surface area contributed by atoms with E-state index in [9.17, 15) is 9.59 Å². The van der Waals surface area contributed by atoms with E-state index in [1.165, 1.54) is 0 Å². The van der Waals surface area contributed by atoms with Crippen LogP contribution in [-0.4, -0.2) is 32.6 Å². The van der Waals surface area contributed by atoms with E-state index in [4.69, 9.17) is 9.47 Å². The molecule has 0 saturated heterocycles. The summed E-state index contributed by atoms with van der Waals surface area (Å²) >= 11 is 0. The molecule has 2 amide bonds. The van der Waals surface area contributed by atoms with E-state index >= 15 is 0 Å². The summed E-state index contributed by atoms with van der Waals surface area (Å²) < 4.78 is 10.6. The lowest BCUT2D eigenvalue weighted by molar-refractivity contribution is -0.136. The van der Waals surface area contributed by atoms with Crippen LogP contribution >= 0.6 is 0 Å². The summed E-state index contributed by atoms with van der Waals surface area (Å²) in [4.78, 5) is 24.2. The van der Waals surface area contributed by atoms with Crippen molar-refractivity contribution >= 4 is 17.5 Å². The lowest BCUT2D eigenvalue weighted by Gasteiger charge is -2.17. The van der Waals surface area contributed by atoms with Gasteiger partial charge in [0.1, 0.15) is 5.75 Å². The van der Waals surface area contributed by atoms with Gasteiger partial charge in [-0.1, -0.05) is 24.3 Å². The Labute approximate surface area is 153 Å². The number of carbonyl (C=O) groups is 2. The molecule has 0 aliphatic rings. The Hall–Kier alpha value is -2.86. The first-order chi connectivity index (χ1) is 12.5. The summed E-state index contributed by atoms with van der Waals surface area (Å²) in [6.07, 6.45) is -0.387. The molecule has 2 N–H and O–H groups in total. The normalized spacial score (nSPS) is 11.5. The van der Waals surface area contributed by atoms with Gasteiger partial charge in [-0.25, -0.2) is 0 Å². The Balaban J connectivity index is 1.97. The Morgan fingerprint density at radius 3 is 2.46 bits per heavy atom. The Kier molecular flexibility index (Phi) is 6.74. The first-order valence-electron chi connectivity index (χ1n) is 8.28. The van der Waals surface area contributed by atoms with Gasteiger partial charge in [0.25, 0.3) is 0 Å². The van der Waals surface area contributed by atoms with Crippen molar-refractivity contribution in [1.82, 2.24) is 5.32 Å². The van der Waals surface area contributed by atoms with Gasteiger partial charge in [-0.2, -0.15) is 0 Å². The molecule has 1 unspecified atom stereocenters. The Morgan fingerprint density at radius 2 is 1.77 bits per heavy atom. The van der Waals surface area contributed by atoms with Crippen molar-refractivity contribution in [3.8, 4) is 5.75 Å². The van der Waals surface area contributed by atoms with Gasteiger partial charge in [-0.3, -0.25) is 9.59 Å². The van der Waals surface area contributed by atoms with Crippen LogP contribution in [0.2, 0.25) is 0 Å². The average Bonchev–Trinajstić information content (AvgIpc) is 2.65. The van der Waals surface area contributed by atoms with Crippen molar-refractivity contribution in [2.24, 2.45) is 0 Å². The molecular formula is C20H24N2O4. The average molecular weight is 356 g/mol. The van der Waals surface area contributed by atoms with Crippen molar-refractivity contribution in [2.45, 2.75) is 20.0 Å². The largest absolute Gasteiger partial charge is 0.497 e. The quantitative estimate of drug-likeness (QED) is 0.781. The first-order valence-corrected chi connectivity index (χ1v) is 8.28. The van der Waals surface area contributed by atoms with Crippen LogP contribution in [0.5, 0.6) is 5.75 Å². The van der Waals surface area contributed by atoms with Crippen LogP contribution in [0.25, 0.3) is 0 Å². The molecule has 6 heteroatoms. The standard InChI is InChI=1S/C20H24N2O4/c1-13-7-5-10-17(14(13)2)22-20(24)19(23)21-12-18(26-4)15-8-6-9-16(11-15)25-3/h5-11,18H,12H2,1-4H3,(H,21,23)(H,22,24). The molecule has 138 valence electrons. The van der Waals surface area contributed by atoms with Gasteiger partial charge >= 0.3 is 11.8 Å². The highest BCUT2D eigenvalue weighted by Gasteiger charge is 2.18. The summed E-state index contributed by atoms with van der Waals surface area (Å²) in [5, 5.41) is 5.25. The third-order valence-corrected chi connectivity index (χ3v) is 4.26. The van der Waals surface area contributed by atoms with Gasteiger partial charge in [0.05, 0.1) is 13.2 Å². The molecule has 0 spiro atoms. The molecule has 6 nitrogen and oxygen atoms in total. The van der Waals surface area contributed by atoms with E-state index < -0.39 is 11.8 Å². The van der Waals surface area contributed by atoms with E-state index in [2.05, 4.69) is 10.6 Å². The fraction of sp³-hybridized carbons (Fsp3) is 0.300. The SMILES string of the molecule is COc1cccc(C(CNC(=O)C(=O)Nc2cccc(C)c2C)OC)c1. The molecule has 0 aliphatic heterocycles. The van der Waals surface area contributed by atoms with Crippen molar-refractivity contribution in [1.29, 1.82) is 0 Å². The number of methoxy groups -OCH3 is 2. The number of hydrogen-bond acceptors (Lipinski definition) is 4. The van der Waals surface area contributed by atoms with E-state index in [1.807, 2.05) is 50.2 Å². The van der Waals surface area contributed by atoms with Gasteiger partial charge in [0.2, 0.25) is 0 Å². The zero-order valence-electron chi connectivity index (χ0n) is 15.5. The van der Waals surface area contributed by atoms with Crippen LogP contribution in [0, 0.1) is 13.8 Å². The summed E-state index contributed by atoms with van der Waals surface area (Å²) in [7, 11) is 3.13. The molecule has 0 aromatic heterocycles. The van der Waals surface area contributed by atoms with Crippen molar-refractivity contribution in [3.05, 3.63) is 59.2 Å². The van der Waals surface area contributed by atoms with E-state index in [1.54, 1.807) is 20.3 Å². The van der Waals surface area contributed by atoms with Crippen molar-refractivity contribution < 1.29 is 19.1 Å². The maximum absolute atomic E-state index is 12.1. The highest BCUT2D eigenvalue weighted by Crippen LogP contribution is 2.21. The molecule has 0 radical (unpaired) electrons. The van der Waals surface area contributed by atoms with Crippen molar-refractivity contribution in [2.75, 3.05) is 26.1 Å². The van der Waals surface area contributed by atoms with Crippen LogP contribution in [-0.2, 0) is 14.3 Å². The minimum absolute atomic E-state index is 0.169. The van der Waals surface area contributed by atoms with Crippen LogP contribution < -0.4 is 15.4 Å². The minimum Gasteiger partial charge on any atom is -0.497 e. The summed E-state index contributed by atoms with van der Waals surface area (Å²) in [6.45, 7) is 4.01. The number of rotatable bonds is 6. The number of ether oxygens (including phenoxy) is 2. The molecule has 0 fully saturated rings. The topological polar surface area (TPSA) is 76.7 Å². The van der Waals surface area contributed by atoms with Crippen molar-refractivity contribution in [3.63, 3.8) is 0 Å². The molecule has 0 aliphatic carbocycles. The molecule has 1 atom stereocenters. The second kappa shape index (κ2) is 9.01.